The molecule has 0 aliphatic carbocycles. The summed E-state index contributed by atoms with van der Waals surface area (Å²) in [4.78, 5) is 27.4. The van der Waals surface area contributed by atoms with Gasteiger partial charge < -0.3 is 9.64 Å². The van der Waals surface area contributed by atoms with Crippen LogP contribution < -0.4 is 4.74 Å². The molecular weight excluding hydrogens is 457 g/mol. The fourth-order valence-electron chi connectivity index (χ4n) is 3.57. The van der Waals surface area contributed by atoms with E-state index < -0.39 is 4.92 Å². The Balaban J connectivity index is 1.60. The lowest BCUT2D eigenvalue weighted by molar-refractivity contribution is -0.385. The van der Waals surface area contributed by atoms with Crippen molar-refractivity contribution in [3.63, 3.8) is 0 Å². The van der Waals surface area contributed by atoms with Crippen molar-refractivity contribution in [2.45, 2.75) is 32.5 Å². The molecule has 30 heavy (non-hydrogen) atoms. The van der Waals surface area contributed by atoms with Crippen LogP contribution in [-0.4, -0.2) is 52.4 Å². The molecule has 0 bridgehead atoms. The molecule has 7 nitrogen and oxygen atoms in total. The van der Waals surface area contributed by atoms with Crippen molar-refractivity contribution >= 4 is 27.5 Å². The van der Waals surface area contributed by atoms with Gasteiger partial charge in [-0.3, -0.25) is 19.8 Å². The highest BCUT2D eigenvalue weighted by atomic mass is 79.9. The molecule has 1 heterocycles. The Hall–Kier alpha value is -2.52. The van der Waals surface area contributed by atoms with Crippen molar-refractivity contribution in [1.29, 1.82) is 0 Å². The Kier molecular flexibility index (Phi) is 7.04. The van der Waals surface area contributed by atoms with Crippen LogP contribution in [0.25, 0.3) is 0 Å². The second-order valence-corrected chi connectivity index (χ2v) is 8.37. The van der Waals surface area contributed by atoms with Gasteiger partial charge in [0.25, 0.3) is 5.91 Å². The third kappa shape index (κ3) is 5.34. The zero-order valence-corrected chi connectivity index (χ0v) is 18.3. The largest absolute Gasteiger partial charge is 0.477 e. The molecule has 1 aliphatic heterocycles. The van der Waals surface area contributed by atoms with Gasteiger partial charge in [0.05, 0.1) is 4.92 Å². The van der Waals surface area contributed by atoms with Crippen molar-refractivity contribution in [3.05, 3.63) is 68.4 Å². The quantitative estimate of drug-likeness (QED) is 0.462. The van der Waals surface area contributed by atoms with Crippen LogP contribution in [-0.2, 0) is 11.3 Å². The Bertz CT molecular complexity index is 925. The van der Waals surface area contributed by atoms with Crippen molar-refractivity contribution in [1.82, 2.24) is 9.80 Å². The van der Waals surface area contributed by atoms with E-state index in [0.29, 0.717) is 24.1 Å². The number of amides is 1. The number of nitro benzene ring substituents is 1. The highest BCUT2D eigenvalue weighted by Gasteiger charge is 2.32. The molecule has 2 atom stereocenters. The van der Waals surface area contributed by atoms with E-state index in [-0.39, 0.29) is 41.9 Å². The monoisotopic (exact) mass is 479 g/mol. The van der Waals surface area contributed by atoms with Crippen molar-refractivity contribution < 1.29 is 18.8 Å². The fourth-order valence-corrected chi connectivity index (χ4v) is 3.92. The summed E-state index contributed by atoms with van der Waals surface area (Å²) in [6, 6.07) is 10.9. The van der Waals surface area contributed by atoms with Crippen LogP contribution in [0.3, 0.4) is 0 Å². The SMILES string of the molecule is CC1CN(C(=O)COc2ccc(Br)cc2[N+](=O)[O-])C(C)CN1Cc1ccc(F)cc1. The zero-order chi connectivity index (χ0) is 21.8. The average molecular weight is 480 g/mol. The van der Waals surface area contributed by atoms with Gasteiger partial charge in [-0.2, -0.15) is 0 Å². The molecule has 0 radical (unpaired) electrons. The van der Waals surface area contributed by atoms with E-state index >= 15 is 0 Å². The summed E-state index contributed by atoms with van der Waals surface area (Å²) in [5, 5.41) is 11.2. The van der Waals surface area contributed by atoms with E-state index in [9.17, 15) is 19.3 Å². The third-order valence-corrected chi connectivity index (χ3v) is 5.70. The second-order valence-electron chi connectivity index (χ2n) is 7.46. The van der Waals surface area contributed by atoms with E-state index in [1.54, 1.807) is 23.1 Å². The molecule has 2 aromatic rings. The Morgan fingerprint density at radius 3 is 2.57 bits per heavy atom. The van der Waals surface area contributed by atoms with E-state index in [1.807, 2.05) is 13.8 Å². The summed E-state index contributed by atoms with van der Waals surface area (Å²) in [5.41, 5.74) is 0.823. The van der Waals surface area contributed by atoms with E-state index in [1.165, 1.54) is 24.3 Å². The molecule has 1 aliphatic rings. The Labute approximate surface area is 182 Å². The first kappa shape index (κ1) is 22.2. The molecule has 9 heteroatoms. The van der Waals surface area contributed by atoms with E-state index in [4.69, 9.17) is 4.74 Å². The summed E-state index contributed by atoms with van der Waals surface area (Å²) in [6.07, 6.45) is 0. The summed E-state index contributed by atoms with van der Waals surface area (Å²) in [6.45, 7) is 5.60. The third-order valence-electron chi connectivity index (χ3n) is 5.20. The van der Waals surface area contributed by atoms with E-state index in [0.717, 1.165) is 5.56 Å². The van der Waals surface area contributed by atoms with Crippen molar-refractivity contribution in [2.75, 3.05) is 19.7 Å². The molecule has 0 N–H and O–H groups in total. The topological polar surface area (TPSA) is 75.9 Å². The predicted octanol–water partition coefficient (Wildman–Crippen LogP) is 4.00. The predicted molar refractivity (Wildman–Crippen MR) is 114 cm³/mol. The average Bonchev–Trinajstić information content (AvgIpc) is 2.70. The number of rotatable bonds is 6. The number of piperazine rings is 1. The number of ether oxygens (including phenoxy) is 1. The lowest BCUT2D eigenvalue weighted by Crippen LogP contribution is -2.58. The van der Waals surface area contributed by atoms with Crippen LogP contribution in [0.4, 0.5) is 10.1 Å². The lowest BCUT2D eigenvalue weighted by atomic mass is 10.1. The van der Waals surface area contributed by atoms with Gasteiger partial charge in [-0.05, 0) is 43.7 Å². The first-order chi connectivity index (χ1) is 14.2. The molecule has 0 spiro atoms. The Morgan fingerprint density at radius 1 is 1.20 bits per heavy atom. The summed E-state index contributed by atoms with van der Waals surface area (Å²) < 4.78 is 19.2. The van der Waals surface area contributed by atoms with Gasteiger partial charge in [-0.15, -0.1) is 0 Å². The number of carbonyl (C=O) groups is 1. The van der Waals surface area contributed by atoms with E-state index in [2.05, 4.69) is 20.8 Å². The molecule has 0 aromatic heterocycles. The molecule has 2 aromatic carbocycles. The van der Waals surface area contributed by atoms with Gasteiger partial charge in [0, 0.05) is 42.3 Å². The van der Waals surface area contributed by atoms with Crippen molar-refractivity contribution in [2.24, 2.45) is 0 Å². The number of nitro groups is 1. The van der Waals surface area contributed by atoms with Gasteiger partial charge >= 0.3 is 5.69 Å². The van der Waals surface area contributed by atoms with Crippen LogP contribution >= 0.6 is 15.9 Å². The van der Waals surface area contributed by atoms with Crippen LogP contribution in [0.15, 0.2) is 46.9 Å². The van der Waals surface area contributed by atoms with Crippen LogP contribution in [0, 0.1) is 15.9 Å². The highest BCUT2D eigenvalue weighted by molar-refractivity contribution is 9.10. The molecule has 2 unspecified atom stereocenters. The van der Waals surface area contributed by atoms with Crippen LogP contribution in [0.5, 0.6) is 5.75 Å². The maximum Gasteiger partial charge on any atom is 0.312 e. The highest BCUT2D eigenvalue weighted by Crippen LogP contribution is 2.30. The molecule has 3 rings (SSSR count). The maximum atomic E-state index is 13.1. The lowest BCUT2D eigenvalue weighted by Gasteiger charge is -2.44. The zero-order valence-electron chi connectivity index (χ0n) is 16.8. The van der Waals surface area contributed by atoms with Gasteiger partial charge in [-0.25, -0.2) is 4.39 Å². The fraction of sp³-hybridized carbons (Fsp3) is 0.381. The summed E-state index contributed by atoms with van der Waals surface area (Å²) in [5.74, 6) is -0.415. The molecular formula is C21H23BrFN3O4. The maximum absolute atomic E-state index is 13.1. The number of halogens is 2. The minimum Gasteiger partial charge on any atom is -0.477 e. The molecule has 1 saturated heterocycles. The standard InChI is InChI=1S/C21H23BrFN3O4/c1-14-11-25(15(2)10-24(14)12-16-3-6-18(23)7-4-16)21(27)13-30-20-8-5-17(22)9-19(20)26(28)29/h3-9,14-15H,10-13H2,1-2H3. The number of benzene rings is 2. The molecule has 160 valence electrons. The molecule has 1 amide bonds. The molecule has 1 fully saturated rings. The van der Waals surface area contributed by atoms with Crippen LogP contribution in [0.1, 0.15) is 19.4 Å². The smallest absolute Gasteiger partial charge is 0.312 e. The second kappa shape index (κ2) is 9.53. The number of hydrogen-bond acceptors (Lipinski definition) is 5. The van der Waals surface area contributed by atoms with Gasteiger partial charge in [-0.1, -0.05) is 28.1 Å². The minimum atomic E-state index is -0.538. The van der Waals surface area contributed by atoms with Gasteiger partial charge in [0.15, 0.2) is 12.4 Å². The van der Waals surface area contributed by atoms with Gasteiger partial charge in [0.1, 0.15) is 5.82 Å². The summed E-state index contributed by atoms with van der Waals surface area (Å²) in [7, 11) is 0. The molecule has 0 saturated carbocycles. The van der Waals surface area contributed by atoms with Gasteiger partial charge in [0.2, 0.25) is 0 Å². The number of hydrogen-bond donors (Lipinski definition) is 0. The van der Waals surface area contributed by atoms with Crippen molar-refractivity contribution in [3.8, 4) is 5.75 Å². The summed E-state index contributed by atoms with van der Waals surface area (Å²) >= 11 is 3.20. The first-order valence-corrected chi connectivity index (χ1v) is 10.4. The van der Waals surface area contributed by atoms with Crippen LogP contribution in [0.2, 0.25) is 0 Å². The number of carbonyl (C=O) groups excluding carboxylic acids is 1. The first-order valence-electron chi connectivity index (χ1n) is 9.59. The minimum absolute atomic E-state index is 0.0438. The Morgan fingerprint density at radius 2 is 1.90 bits per heavy atom. The normalized spacial score (nSPS) is 19.5. The number of nitrogens with zero attached hydrogens (tertiary/aromatic N) is 3.